The second-order valence-electron chi connectivity index (χ2n) is 8.40. The topological polar surface area (TPSA) is 17.1 Å². The van der Waals surface area contributed by atoms with Crippen LogP contribution in [-0.4, -0.2) is 5.78 Å². The van der Waals surface area contributed by atoms with Crippen LogP contribution in [0.2, 0.25) is 0 Å². The largest absolute Gasteiger partial charge is 0.294 e. The molecule has 0 bridgehead atoms. The zero-order chi connectivity index (χ0) is 17.8. The van der Waals surface area contributed by atoms with E-state index in [1.165, 1.54) is 38.9 Å². The quantitative estimate of drug-likeness (QED) is 0.634. The van der Waals surface area contributed by atoms with Gasteiger partial charge in [-0.25, -0.2) is 0 Å². The highest BCUT2D eigenvalue weighted by atomic mass is 16.1. The highest BCUT2D eigenvalue weighted by molar-refractivity contribution is 6.06. The lowest BCUT2D eigenvalue weighted by Crippen LogP contribution is -2.10. The van der Waals surface area contributed by atoms with Gasteiger partial charge in [-0.3, -0.25) is 4.79 Å². The van der Waals surface area contributed by atoms with E-state index in [9.17, 15) is 4.79 Å². The van der Waals surface area contributed by atoms with Crippen molar-refractivity contribution in [2.75, 3.05) is 0 Å². The molecule has 0 heterocycles. The van der Waals surface area contributed by atoms with E-state index < -0.39 is 0 Å². The monoisotopic (exact) mass is 320 g/mol. The molecule has 1 nitrogen and oxygen atoms in total. The van der Waals surface area contributed by atoms with Crippen LogP contribution in [-0.2, 0) is 11.8 Å². The summed E-state index contributed by atoms with van der Waals surface area (Å²) in [6, 6.07) is 8.92. The van der Waals surface area contributed by atoms with Crippen LogP contribution >= 0.6 is 0 Å². The molecule has 2 aromatic carbocycles. The summed E-state index contributed by atoms with van der Waals surface area (Å²) in [7, 11) is 0. The fourth-order valence-electron chi connectivity index (χ4n) is 3.94. The molecule has 1 aliphatic rings. The molecule has 1 aliphatic carbocycles. The Balaban J connectivity index is 2.23. The van der Waals surface area contributed by atoms with Gasteiger partial charge in [-0.2, -0.15) is 0 Å². The Kier molecular flexibility index (Phi) is 3.94. The Morgan fingerprint density at radius 2 is 1.42 bits per heavy atom. The first-order chi connectivity index (χ1) is 11.1. The second kappa shape index (κ2) is 5.58. The molecule has 1 unspecified atom stereocenters. The zero-order valence-electron chi connectivity index (χ0n) is 16.0. The predicted molar refractivity (Wildman–Crippen MR) is 102 cm³/mol. The van der Waals surface area contributed by atoms with Crippen LogP contribution in [0.5, 0.6) is 0 Å². The Hall–Kier alpha value is -1.89. The van der Waals surface area contributed by atoms with Crippen LogP contribution < -0.4 is 0 Å². The third kappa shape index (κ3) is 2.51. The normalized spacial score (nSPS) is 17.3. The summed E-state index contributed by atoms with van der Waals surface area (Å²) in [6.07, 6.45) is 0.868. The number of fused-ring (bicyclic) bond motifs is 1. The van der Waals surface area contributed by atoms with Gasteiger partial charge in [0, 0.05) is 11.5 Å². The number of rotatable bonds is 1. The number of carbonyl (C=O) groups excluding carboxylic acids is 1. The van der Waals surface area contributed by atoms with Crippen molar-refractivity contribution in [3.05, 3.63) is 57.6 Å². The van der Waals surface area contributed by atoms with Crippen LogP contribution in [0.15, 0.2) is 24.3 Å². The molecule has 0 N–H and O–H groups in total. The maximum absolute atomic E-state index is 12.7. The van der Waals surface area contributed by atoms with Crippen LogP contribution in [0.3, 0.4) is 0 Å². The molecule has 0 saturated heterocycles. The Labute approximate surface area is 146 Å². The average Bonchev–Trinajstić information content (AvgIpc) is 2.80. The van der Waals surface area contributed by atoms with Crippen LogP contribution in [0.4, 0.5) is 0 Å². The SMILES string of the molecule is Cc1c(C)c2c(c(-c3ccc(C(C)(C)C)cc3)c1C)CC(C)C2=O. The molecule has 0 saturated carbocycles. The zero-order valence-corrected chi connectivity index (χ0v) is 16.0. The molecule has 126 valence electrons. The highest BCUT2D eigenvalue weighted by Gasteiger charge is 2.33. The summed E-state index contributed by atoms with van der Waals surface area (Å²) in [5.74, 6) is 0.422. The summed E-state index contributed by atoms with van der Waals surface area (Å²) in [5.41, 5.74) is 10.0. The van der Waals surface area contributed by atoms with Gasteiger partial charge in [-0.15, -0.1) is 0 Å². The van der Waals surface area contributed by atoms with Crippen molar-refractivity contribution in [2.24, 2.45) is 5.92 Å². The van der Waals surface area contributed by atoms with Gasteiger partial charge in [0.1, 0.15) is 0 Å². The van der Waals surface area contributed by atoms with Crippen molar-refractivity contribution in [1.29, 1.82) is 0 Å². The lowest BCUT2D eigenvalue weighted by molar-refractivity contribution is 0.0945. The number of Topliss-reactive ketones (excluding diaryl/α,β-unsaturated/α-hetero) is 1. The summed E-state index contributed by atoms with van der Waals surface area (Å²) in [4.78, 5) is 12.7. The summed E-state index contributed by atoms with van der Waals surface area (Å²) >= 11 is 0. The molecule has 1 atom stereocenters. The summed E-state index contributed by atoms with van der Waals surface area (Å²) in [6.45, 7) is 15.2. The van der Waals surface area contributed by atoms with E-state index in [-0.39, 0.29) is 11.3 Å². The lowest BCUT2D eigenvalue weighted by Gasteiger charge is -2.21. The molecular weight excluding hydrogens is 292 g/mol. The Morgan fingerprint density at radius 3 is 1.96 bits per heavy atom. The molecule has 2 aromatic rings. The van der Waals surface area contributed by atoms with Crippen LogP contribution in [0, 0.1) is 26.7 Å². The van der Waals surface area contributed by atoms with Gasteiger partial charge in [0.15, 0.2) is 5.78 Å². The smallest absolute Gasteiger partial charge is 0.166 e. The number of hydrogen-bond donors (Lipinski definition) is 0. The van der Waals surface area contributed by atoms with E-state index >= 15 is 0 Å². The lowest BCUT2D eigenvalue weighted by atomic mass is 9.83. The van der Waals surface area contributed by atoms with Gasteiger partial charge >= 0.3 is 0 Å². The van der Waals surface area contributed by atoms with E-state index in [0.717, 1.165) is 12.0 Å². The van der Waals surface area contributed by atoms with Gasteiger partial charge in [-0.05, 0) is 71.6 Å². The number of benzene rings is 2. The molecule has 24 heavy (non-hydrogen) atoms. The fourth-order valence-corrected chi connectivity index (χ4v) is 3.94. The van der Waals surface area contributed by atoms with Gasteiger partial charge < -0.3 is 0 Å². The molecule has 0 spiro atoms. The first-order valence-electron chi connectivity index (χ1n) is 8.90. The number of carbonyl (C=O) groups is 1. The molecule has 0 fully saturated rings. The van der Waals surface area contributed by atoms with Gasteiger partial charge in [0.2, 0.25) is 0 Å². The number of ketones is 1. The van der Waals surface area contributed by atoms with Crippen molar-refractivity contribution < 1.29 is 4.79 Å². The predicted octanol–water partition coefficient (Wildman–Crippen LogP) is 5.95. The second-order valence-corrected chi connectivity index (χ2v) is 8.40. The molecular formula is C23H28O. The van der Waals surface area contributed by atoms with Crippen molar-refractivity contribution in [1.82, 2.24) is 0 Å². The van der Waals surface area contributed by atoms with Crippen molar-refractivity contribution in [3.63, 3.8) is 0 Å². The van der Waals surface area contributed by atoms with E-state index in [1.54, 1.807) is 0 Å². The minimum atomic E-state index is 0.104. The molecule has 3 rings (SSSR count). The third-order valence-corrected chi connectivity index (χ3v) is 5.72. The van der Waals surface area contributed by atoms with Gasteiger partial charge in [0.25, 0.3) is 0 Å². The average molecular weight is 320 g/mol. The molecule has 0 amide bonds. The Bertz CT molecular complexity index is 817. The van der Waals surface area contributed by atoms with E-state index in [0.29, 0.717) is 5.78 Å². The van der Waals surface area contributed by atoms with Gasteiger partial charge in [-0.1, -0.05) is 52.0 Å². The minimum absolute atomic E-state index is 0.104. The highest BCUT2D eigenvalue weighted by Crippen LogP contribution is 2.41. The molecule has 0 aliphatic heterocycles. The summed E-state index contributed by atoms with van der Waals surface area (Å²) in [5, 5.41) is 0. The maximum atomic E-state index is 12.7. The molecule has 0 radical (unpaired) electrons. The van der Waals surface area contributed by atoms with E-state index in [2.05, 4.69) is 72.7 Å². The first kappa shape index (κ1) is 17.0. The summed E-state index contributed by atoms with van der Waals surface area (Å²) < 4.78 is 0. The van der Waals surface area contributed by atoms with E-state index in [1.807, 2.05) is 0 Å². The molecule has 0 aromatic heterocycles. The van der Waals surface area contributed by atoms with Crippen molar-refractivity contribution >= 4 is 5.78 Å². The Morgan fingerprint density at radius 1 is 0.875 bits per heavy atom. The first-order valence-corrected chi connectivity index (χ1v) is 8.90. The minimum Gasteiger partial charge on any atom is -0.294 e. The standard InChI is InChI=1S/C23H28O/c1-13-12-19-20(15(3)14(2)16(4)21(19)22(13)24)17-8-10-18(11-9-17)23(5,6)7/h8-11,13H,12H2,1-7H3. The third-order valence-electron chi connectivity index (χ3n) is 5.72. The van der Waals surface area contributed by atoms with Crippen molar-refractivity contribution in [3.8, 4) is 11.1 Å². The maximum Gasteiger partial charge on any atom is 0.166 e. The van der Waals surface area contributed by atoms with Crippen LogP contribution in [0.1, 0.15) is 65.9 Å². The van der Waals surface area contributed by atoms with Gasteiger partial charge in [0.05, 0.1) is 0 Å². The number of hydrogen-bond acceptors (Lipinski definition) is 1. The van der Waals surface area contributed by atoms with E-state index in [4.69, 9.17) is 0 Å². The fraction of sp³-hybridized carbons (Fsp3) is 0.435. The van der Waals surface area contributed by atoms with Crippen molar-refractivity contribution in [2.45, 2.75) is 60.3 Å². The van der Waals surface area contributed by atoms with Crippen LogP contribution in [0.25, 0.3) is 11.1 Å². The molecule has 1 heteroatoms.